The van der Waals surface area contributed by atoms with Gasteiger partial charge >= 0.3 is 0 Å². The maximum Gasteiger partial charge on any atom is 0.213 e. The molecule has 3 aliphatic rings. The van der Waals surface area contributed by atoms with Crippen LogP contribution in [-0.4, -0.2) is 46.3 Å². The lowest BCUT2D eigenvalue weighted by Gasteiger charge is -2.47. The first-order valence-electron chi connectivity index (χ1n) is 9.09. The molecule has 8 heteroatoms. The lowest BCUT2D eigenvalue weighted by atomic mass is 9.87. The van der Waals surface area contributed by atoms with E-state index in [0.717, 1.165) is 35.4 Å². The molecule has 0 aromatic carbocycles. The molecular weight excluding hydrogens is 362 g/mol. The van der Waals surface area contributed by atoms with E-state index >= 15 is 0 Å². The average molecular weight is 381 g/mol. The Morgan fingerprint density at radius 2 is 2.11 bits per heavy atom. The second-order valence-corrected chi connectivity index (χ2v) is 9.71. The van der Waals surface area contributed by atoms with Crippen LogP contribution in [0.15, 0.2) is 24.5 Å². The van der Waals surface area contributed by atoms with Crippen molar-refractivity contribution in [1.29, 1.82) is 5.26 Å². The SMILES string of the molecule is CCS(=O)(=O)N1CC(CC#N)(n2cc3c(n2)CC2=CCc4nccc-3c42)C1. The first-order chi connectivity index (χ1) is 13.0. The molecule has 7 nitrogen and oxygen atoms in total. The van der Waals surface area contributed by atoms with Gasteiger partial charge in [-0.15, -0.1) is 0 Å². The minimum Gasteiger partial charge on any atom is -0.262 e. The molecule has 0 radical (unpaired) electrons. The highest BCUT2D eigenvalue weighted by atomic mass is 32.2. The normalized spacial score (nSPS) is 19.6. The molecule has 0 N–H and O–H groups in total. The summed E-state index contributed by atoms with van der Waals surface area (Å²) in [5.41, 5.74) is 6.21. The molecule has 1 fully saturated rings. The molecule has 1 aliphatic heterocycles. The highest BCUT2D eigenvalue weighted by molar-refractivity contribution is 7.89. The van der Waals surface area contributed by atoms with Gasteiger partial charge in [-0.1, -0.05) is 6.08 Å². The number of fused-ring (bicyclic) bond motifs is 2. The molecule has 0 unspecified atom stereocenters. The van der Waals surface area contributed by atoms with Gasteiger partial charge in [0.2, 0.25) is 10.0 Å². The number of aromatic nitrogens is 3. The van der Waals surface area contributed by atoms with Gasteiger partial charge in [0.1, 0.15) is 5.54 Å². The van der Waals surface area contributed by atoms with Crippen molar-refractivity contribution in [3.05, 3.63) is 41.5 Å². The van der Waals surface area contributed by atoms with Gasteiger partial charge in [-0.05, 0) is 24.1 Å². The smallest absolute Gasteiger partial charge is 0.213 e. The van der Waals surface area contributed by atoms with Crippen molar-refractivity contribution in [1.82, 2.24) is 19.1 Å². The Kier molecular flexibility index (Phi) is 3.39. The predicted octanol–water partition coefficient (Wildman–Crippen LogP) is 1.71. The summed E-state index contributed by atoms with van der Waals surface area (Å²) < 4.78 is 27.6. The number of sulfonamides is 1. The minimum atomic E-state index is -3.25. The second-order valence-electron chi connectivity index (χ2n) is 7.45. The molecule has 5 rings (SSSR count). The second kappa shape index (κ2) is 5.50. The number of nitrogens with zero attached hydrogens (tertiary/aromatic N) is 5. The van der Waals surface area contributed by atoms with Crippen molar-refractivity contribution >= 4 is 15.6 Å². The largest absolute Gasteiger partial charge is 0.262 e. The fourth-order valence-electron chi connectivity index (χ4n) is 4.39. The van der Waals surface area contributed by atoms with Crippen LogP contribution < -0.4 is 0 Å². The summed E-state index contributed by atoms with van der Waals surface area (Å²) in [6.07, 6.45) is 7.90. The van der Waals surface area contributed by atoms with Crippen molar-refractivity contribution in [3.63, 3.8) is 0 Å². The van der Waals surface area contributed by atoms with Gasteiger partial charge in [0, 0.05) is 49.5 Å². The van der Waals surface area contributed by atoms with Gasteiger partial charge in [0.05, 0.1) is 29.6 Å². The van der Waals surface area contributed by atoms with Crippen LogP contribution in [0.25, 0.3) is 16.7 Å². The number of rotatable bonds is 4. The van der Waals surface area contributed by atoms with E-state index in [4.69, 9.17) is 5.10 Å². The van der Waals surface area contributed by atoms with Crippen LogP contribution in [0.1, 0.15) is 30.3 Å². The number of nitriles is 1. The van der Waals surface area contributed by atoms with Crippen LogP contribution in [0.4, 0.5) is 0 Å². The minimum absolute atomic E-state index is 0.0720. The van der Waals surface area contributed by atoms with Crippen molar-refractivity contribution in [2.75, 3.05) is 18.8 Å². The topological polar surface area (TPSA) is 91.9 Å². The van der Waals surface area contributed by atoms with Crippen LogP contribution in [0.2, 0.25) is 0 Å². The highest BCUT2D eigenvalue weighted by Crippen LogP contribution is 2.44. The number of hydrogen-bond acceptors (Lipinski definition) is 5. The Morgan fingerprint density at radius 3 is 2.85 bits per heavy atom. The van der Waals surface area contributed by atoms with E-state index in [2.05, 4.69) is 17.1 Å². The third-order valence-corrected chi connectivity index (χ3v) is 7.70. The van der Waals surface area contributed by atoms with Crippen molar-refractivity contribution in [3.8, 4) is 17.2 Å². The van der Waals surface area contributed by atoms with Gasteiger partial charge in [-0.3, -0.25) is 9.67 Å². The van der Waals surface area contributed by atoms with Crippen molar-refractivity contribution in [2.45, 2.75) is 31.7 Å². The number of allylic oxidation sites excluding steroid dienone is 2. The van der Waals surface area contributed by atoms with E-state index in [1.54, 1.807) is 6.92 Å². The van der Waals surface area contributed by atoms with E-state index in [9.17, 15) is 13.7 Å². The fourth-order valence-corrected chi connectivity index (χ4v) is 5.63. The summed E-state index contributed by atoms with van der Waals surface area (Å²) in [5.74, 6) is 0.0720. The van der Waals surface area contributed by atoms with Gasteiger partial charge in [0.25, 0.3) is 0 Å². The Labute approximate surface area is 158 Å². The van der Waals surface area contributed by atoms with Crippen LogP contribution in [-0.2, 0) is 28.4 Å². The predicted molar refractivity (Wildman–Crippen MR) is 100 cm³/mol. The van der Waals surface area contributed by atoms with E-state index in [-0.39, 0.29) is 12.2 Å². The summed E-state index contributed by atoms with van der Waals surface area (Å²) in [7, 11) is -3.25. The van der Waals surface area contributed by atoms with Crippen molar-refractivity contribution in [2.24, 2.45) is 0 Å². The summed E-state index contributed by atoms with van der Waals surface area (Å²) in [6.45, 7) is 2.24. The zero-order chi connectivity index (χ0) is 18.8. The third kappa shape index (κ3) is 2.25. The standard InChI is InChI=1S/C19H19N5O2S/c1-2-27(25,26)23-11-19(12-23,6-7-20)24-10-15-14-5-8-21-16-4-3-13(18(14)16)9-17(15)22-24/h3,5,8,10H,2,4,6,9,11-12H2,1H3. The Morgan fingerprint density at radius 1 is 1.30 bits per heavy atom. The highest BCUT2D eigenvalue weighted by Gasteiger charge is 2.50. The number of hydrogen-bond donors (Lipinski definition) is 0. The molecule has 0 saturated carbocycles. The Hall–Kier alpha value is -2.50. The molecule has 3 heterocycles. The number of pyridine rings is 1. The maximum absolute atomic E-state index is 12.2. The van der Waals surface area contributed by atoms with Gasteiger partial charge in [-0.2, -0.15) is 14.7 Å². The van der Waals surface area contributed by atoms with E-state index < -0.39 is 15.6 Å². The molecule has 0 spiro atoms. The molecule has 2 aromatic heterocycles. The molecule has 1 saturated heterocycles. The van der Waals surface area contributed by atoms with Gasteiger partial charge in [0.15, 0.2) is 0 Å². The van der Waals surface area contributed by atoms with Crippen LogP contribution in [0, 0.1) is 11.3 Å². The molecule has 0 amide bonds. The first kappa shape index (κ1) is 16.7. The molecule has 2 aromatic rings. The molecule has 27 heavy (non-hydrogen) atoms. The van der Waals surface area contributed by atoms with E-state index in [1.807, 2.05) is 23.1 Å². The molecule has 2 aliphatic carbocycles. The zero-order valence-electron chi connectivity index (χ0n) is 15.0. The third-order valence-electron chi connectivity index (χ3n) is 5.92. The lowest BCUT2D eigenvalue weighted by Crippen LogP contribution is -2.64. The molecule has 0 bridgehead atoms. The van der Waals surface area contributed by atoms with Crippen molar-refractivity contribution < 1.29 is 8.42 Å². The van der Waals surface area contributed by atoms with E-state index in [1.165, 1.54) is 15.4 Å². The van der Waals surface area contributed by atoms with E-state index in [0.29, 0.717) is 13.1 Å². The summed E-state index contributed by atoms with van der Waals surface area (Å²) >= 11 is 0. The van der Waals surface area contributed by atoms with Gasteiger partial charge in [-0.25, -0.2) is 8.42 Å². The Balaban J connectivity index is 1.56. The summed E-state index contributed by atoms with van der Waals surface area (Å²) in [6, 6.07) is 4.25. The quantitative estimate of drug-likeness (QED) is 0.804. The Bertz CT molecular complexity index is 1130. The molecule has 138 valence electrons. The molecule has 0 atom stereocenters. The maximum atomic E-state index is 12.2. The summed E-state index contributed by atoms with van der Waals surface area (Å²) in [5, 5.41) is 14.2. The average Bonchev–Trinajstić information content (AvgIpc) is 3.24. The lowest BCUT2D eigenvalue weighted by molar-refractivity contribution is 0.0715. The summed E-state index contributed by atoms with van der Waals surface area (Å²) in [4.78, 5) is 4.49. The monoisotopic (exact) mass is 381 g/mol. The van der Waals surface area contributed by atoms with Crippen LogP contribution >= 0.6 is 0 Å². The van der Waals surface area contributed by atoms with Crippen LogP contribution in [0.3, 0.4) is 0 Å². The van der Waals surface area contributed by atoms with Crippen LogP contribution in [0.5, 0.6) is 0 Å². The van der Waals surface area contributed by atoms with Gasteiger partial charge < -0.3 is 0 Å². The first-order valence-corrected chi connectivity index (χ1v) is 10.7. The fraction of sp³-hybridized carbons (Fsp3) is 0.421. The zero-order valence-corrected chi connectivity index (χ0v) is 15.8. The molecular formula is C19H19N5O2S.